The Balaban J connectivity index is 0.00000320. The number of piperidine rings is 1. The van der Waals surface area contributed by atoms with Crippen LogP contribution in [0.1, 0.15) is 60.5 Å². The van der Waals surface area contributed by atoms with Crippen LogP contribution in [-0.4, -0.2) is 47.5 Å². The number of carbonyl (C=O) groups excluding carboxylic acids is 2. The third-order valence-corrected chi connectivity index (χ3v) is 7.18. The standard InChI is InChI=1S/C28H31ClN4O3.CH4/c29-22-9-4-20(5-10-22)8-13-25-17-26(31-36-25)28(35)30-23-16-27(34)33(19-23)24-11-6-21(7-12-24)18-32-14-2-1-3-15-32;/h4-7,9-12,17,23H,1-3,8,13-16,18-19H2,(H,30,35);1H4/t23-;/m0./s1. The van der Waals surface area contributed by atoms with E-state index in [1.54, 1.807) is 11.0 Å². The normalized spacial score (nSPS) is 18.0. The Bertz CT molecular complexity index is 1190. The van der Waals surface area contributed by atoms with Gasteiger partial charge in [0.25, 0.3) is 5.91 Å². The molecule has 0 spiro atoms. The molecular weight excluding hydrogens is 488 g/mol. The highest BCUT2D eigenvalue weighted by Crippen LogP contribution is 2.23. The molecule has 0 unspecified atom stereocenters. The average Bonchev–Trinajstić information content (AvgIpc) is 3.51. The zero-order valence-electron chi connectivity index (χ0n) is 20.3. The third-order valence-electron chi connectivity index (χ3n) is 6.93. The van der Waals surface area contributed by atoms with Crippen molar-refractivity contribution in [1.82, 2.24) is 15.4 Å². The number of benzene rings is 2. The topological polar surface area (TPSA) is 78.7 Å². The van der Waals surface area contributed by atoms with E-state index < -0.39 is 0 Å². The molecule has 8 heteroatoms. The number of halogens is 1. The van der Waals surface area contributed by atoms with Gasteiger partial charge >= 0.3 is 0 Å². The maximum atomic E-state index is 12.7. The third kappa shape index (κ3) is 6.99. The Hall–Kier alpha value is -3.16. The summed E-state index contributed by atoms with van der Waals surface area (Å²) in [6.45, 7) is 3.70. The van der Waals surface area contributed by atoms with Crippen molar-refractivity contribution in [3.05, 3.63) is 82.2 Å². The minimum Gasteiger partial charge on any atom is -0.361 e. The largest absolute Gasteiger partial charge is 0.361 e. The molecule has 0 bridgehead atoms. The second kappa shape index (κ2) is 12.4. The first-order valence-corrected chi connectivity index (χ1v) is 13.0. The highest BCUT2D eigenvalue weighted by Gasteiger charge is 2.32. The van der Waals surface area contributed by atoms with E-state index in [4.69, 9.17) is 16.1 Å². The van der Waals surface area contributed by atoms with Gasteiger partial charge in [0.05, 0.1) is 6.04 Å². The molecule has 37 heavy (non-hydrogen) atoms. The number of hydrogen-bond donors (Lipinski definition) is 1. The molecule has 1 aromatic heterocycles. The molecule has 2 aliphatic heterocycles. The molecule has 0 saturated carbocycles. The Kier molecular flexibility index (Phi) is 9.00. The van der Waals surface area contributed by atoms with E-state index in [9.17, 15) is 9.59 Å². The zero-order valence-corrected chi connectivity index (χ0v) is 21.0. The van der Waals surface area contributed by atoms with Crippen LogP contribution in [0.25, 0.3) is 0 Å². The number of aryl methyl sites for hydroxylation is 2. The lowest BCUT2D eigenvalue weighted by Crippen LogP contribution is -2.37. The molecule has 2 aliphatic rings. The van der Waals surface area contributed by atoms with E-state index in [1.807, 2.05) is 36.4 Å². The van der Waals surface area contributed by atoms with Crippen LogP contribution < -0.4 is 10.2 Å². The van der Waals surface area contributed by atoms with Crippen LogP contribution in [0.4, 0.5) is 5.69 Å². The molecule has 0 aliphatic carbocycles. The van der Waals surface area contributed by atoms with Crippen LogP contribution >= 0.6 is 11.6 Å². The summed E-state index contributed by atoms with van der Waals surface area (Å²) >= 11 is 5.93. The SMILES string of the molecule is C.O=C(N[C@H]1CC(=O)N(c2ccc(CN3CCCCC3)cc2)C1)c1cc(CCc2ccc(Cl)cc2)on1. The van der Waals surface area contributed by atoms with Crippen LogP contribution in [0.15, 0.2) is 59.1 Å². The summed E-state index contributed by atoms with van der Waals surface area (Å²) in [6, 6.07) is 17.3. The number of carbonyl (C=O) groups is 2. The molecule has 3 aromatic rings. The number of rotatable bonds is 8. The van der Waals surface area contributed by atoms with E-state index >= 15 is 0 Å². The van der Waals surface area contributed by atoms with Crippen molar-refractivity contribution in [1.29, 1.82) is 0 Å². The molecule has 2 amide bonds. The van der Waals surface area contributed by atoms with Crippen molar-refractivity contribution >= 4 is 29.1 Å². The maximum absolute atomic E-state index is 12.7. The summed E-state index contributed by atoms with van der Waals surface area (Å²) in [7, 11) is 0. The monoisotopic (exact) mass is 522 g/mol. The summed E-state index contributed by atoms with van der Waals surface area (Å²) in [6.07, 6.45) is 5.52. The van der Waals surface area contributed by atoms with Gasteiger partial charge < -0.3 is 14.7 Å². The summed E-state index contributed by atoms with van der Waals surface area (Å²) in [5.41, 5.74) is 3.49. The number of aromatic nitrogens is 1. The number of amides is 2. The minimum atomic E-state index is -0.326. The van der Waals surface area contributed by atoms with Gasteiger partial charge in [-0.1, -0.05) is 54.9 Å². The first kappa shape index (κ1) is 26.9. The quantitative estimate of drug-likeness (QED) is 0.436. The molecule has 0 radical (unpaired) electrons. The molecule has 2 saturated heterocycles. The first-order valence-electron chi connectivity index (χ1n) is 12.7. The second-order valence-electron chi connectivity index (χ2n) is 9.69. The van der Waals surface area contributed by atoms with Gasteiger partial charge in [-0.3, -0.25) is 14.5 Å². The van der Waals surface area contributed by atoms with Gasteiger partial charge in [-0.05, 0) is 67.7 Å². The molecule has 1 atom stereocenters. The maximum Gasteiger partial charge on any atom is 0.273 e. The average molecular weight is 523 g/mol. The lowest BCUT2D eigenvalue weighted by atomic mass is 10.1. The lowest BCUT2D eigenvalue weighted by molar-refractivity contribution is -0.117. The van der Waals surface area contributed by atoms with Gasteiger partial charge in [0.1, 0.15) is 5.76 Å². The highest BCUT2D eigenvalue weighted by atomic mass is 35.5. The first-order chi connectivity index (χ1) is 17.5. The van der Waals surface area contributed by atoms with Crippen molar-refractivity contribution < 1.29 is 14.1 Å². The summed E-state index contributed by atoms with van der Waals surface area (Å²) in [5.74, 6) is 0.324. The van der Waals surface area contributed by atoms with Gasteiger partial charge in [0.2, 0.25) is 5.91 Å². The van der Waals surface area contributed by atoms with Gasteiger partial charge in [-0.15, -0.1) is 0 Å². The van der Waals surface area contributed by atoms with Crippen LogP contribution in [0.2, 0.25) is 5.02 Å². The molecule has 2 aromatic carbocycles. The highest BCUT2D eigenvalue weighted by molar-refractivity contribution is 6.30. The summed E-state index contributed by atoms with van der Waals surface area (Å²) in [5, 5.41) is 7.57. The van der Waals surface area contributed by atoms with Crippen molar-refractivity contribution in [3.63, 3.8) is 0 Å². The van der Waals surface area contributed by atoms with Gasteiger partial charge in [-0.25, -0.2) is 0 Å². The molecular formula is C29H35ClN4O3. The number of hydrogen-bond acceptors (Lipinski definition) is 5. The van der Waals surface area contributed by atoms with Crippen LogP contribution in [0.5, 0.6) is 0 Å². The van der Waals surface area contributed by atoms with Crippen molar-refractivity contribution in [2.45, 2.75) is 58.5 Å². The van der Waals surface area contributed by atoms with Crippen molar-refractivity contribution in [2.24, 2.45) is 0 Å². The Morgan fingerprint density at radius 2 is 1.70 bits per heavy atom. The van der Waals surface area contributed by atoms with E-state index in [0.29, 0.717) is 23.7 Å². The van der Waals surface area contributed by atoms with Crippen molar-refractivity contribution in [2.75, 3.05) is 24.5 Å². The molecule has 196 valence electrons. The van der Waals surface area contributed by atoms with E-state index in [-0.39, 0.29) is 37.4 Å². The minimum absolute atomic E-state index is 0. The van der Waals surface area contributed by atoms with E-state index in [0.717, 1.165) is 37.3 Å². The fourth-order valence-electron chi connectivity index (χ4n) is 4.93. The zero-order chi connectivity index (χ0) is 24.9. The Morgan fingerprint density at radius 1 is 1.00 bits per heavy atom. The van der Waals surface area contributed by atoms with Gasteiger partial charge in [0, 0.05) is 42.7 Å². The summed E-state index contributed by atoms with van der Waals surface area (Å²) in [4.78, 5) is 29.6. The molecule has 7 nitrogen and oxygen atoms in total. The van der Waals surface area contributed by atoms with Gasteiger partial charge in [0.15, 0.2) is 5.69 Å². The fourth-order valence-corrected chi connectivity index (χ4v) is 5.05. The molecule has 1 N–H and O–H groups in total. The predicted octanol–water partition coefficient (Wildman–Crippen LogP) is 5.27. The van der Waals surface area contributed by atoms with Crippen molar-refractivity contribution in [3.8, 4) is 0 Å². The Morgan fingerprint density at radius 3 is 2.43 bits per heavy atom. The van der Waals surface area contributed by atoms with E-state index in [1.165, 1.54) is 24.8 Å². The Labute approximate surface area is 223 Å². The molecule has 5 rings (SSSR count). The molecule has 2 fully saturated rings. The number of likely N-dealkylation sites (tertiary alicyclic amines) is 1. The smallest absolute Gasteiger partial charge is 0.273 e. The van der Waals surface area contributed by atoms with Crippen LogP contribution in [0, 0.1) is 0 Å². The van der Waals surface area contributed by atoms with Crippen LogP contribution in [-0.2, 0) is 24.2 Å². The van der Waals surface area contributed by atoms with Crippen LogP contribution in [0.3, 0.4) is 0 Å². The molecule has 3 heterocycles. The predicted molar refractivity (Wildman–Crippen MR) is 146 cm³/mol. The van der Waals surface area contributed by atoms with Gasteiger partial charge in [-0.2, -0.15) is 0 Å². The number of nitrogens with zero attached hydrogens (tertiary/aromatic N) is 3. The fraction of sp³-hybridized carbons (Fsp3) is 0.414. The lowest BCUT2D eigenvalue weighted by Gasteiger charge is -2.26. The second-order valence-corrected chi connectivity index (χ2v) is 10.1. The number of nitrogens with one attached hydrogen (secondary N) is 1. The van der Waals surface area contributed by atoms with E-state index in [2.05, 4.69) is 27.5 Å². The number of anilines is 1. The summed E-state index contributed by atoms with van der Waals surface area (Å²) < 4.78 is 5.36.